The summed E-state index contributed by atoms with van der Waals surface area (Å²) in [7, 11) is 9.19. The molecule has 9 heterocycles. The first-order valence-electron chi connectivity index (χ1n) is 33.4. The van der Waals surface area contributed by atoms with Gasteiger partial charge in [-0.05, 0) is 124 Å². The van der Waals surface area contributed by atoms with Gasteiger partial charge < -0.3 is 38.4 Å². The van der Waals surface area contributed by atoms with E-state index in [1.165, 1.54) is 54.1 Å². The lowest BCUT2D eigenvalue weighted by atomic mass is 9.91. The van der Waals surface area contributed by atoms with Crippen LogP contribution in [0.2, 0.25) is 0 Å². The van der Waals surface area contributed by atoms with Crippen LogP contribution in [-0.2, 0) is 38.4 Å². The van der Waals surface area contributed by atoms with Gasteiger partial charge in [0, 0.05) is 149 Å². The third kappa shape index (κ3) is 13.6. The normalized spacial score (nSPS) is 18.3. The Bertz CT molecular complexity index is 4600. The molecule has 1 spiro atoms. The molecule has 0 bridgehead atoms. The summed E-state index contributed by atoms with van der Waals surface area (Å²) in [5.41, 5.74) is 10.9. The van der Waals surface area contributed by atoms with Crippen LogP contribution in [0.3, 0.4) is 0 Å². The third-order valence-corrected chi connectivity index (χ3v) is 21.1. The Morgan fingerprint density at radius 3 is 1.93 bits per heavy atom. The second-order valence-electron chi connectivity index (χ2n) is 25.2. The zero-order chi connectivity index (χ0) is 70.0. The Hall–Kier alpha value is -8.90. The number of methoxy groups -OCH3 is 2. The topological polar surface area (TPSA) is 148 Å². The van der Waals surface area contributed by atoms with Crippen molar-refractivity contribution in [2.45, 2.75) is 71.1 Å². The molecule has 0 N–H and O–H groups in total. The highest BCUT2D eigenvalue weighted by Crippen LogP contribution is 2.61. The van der Waals surface area contributed by atoms with E-state index in [0.29, 0.717) is 73.2 Å². The van der Waals surface area contributed by atoms with Gasteiger partial charge in [-0.25, -0.2) is 27.5 Å². The summed E-state index contributed by atoms with van der Waals surface area (Å²) in [6.45, 7) is 20.7. The molecule has 4 aromatic carbocycles. The van der Waals surface area contributed by atoms with E-state index in [4.69, 9.17) is 43.7 Å². The average Bonchev–Trinajstić information content (AvgIpc) is 1.51. The van der Waals surface area contributed by atoms with Crippen molar-refractivity contribution in [3.05, 3.63) is 179 Å². The van der Waals surface area contributed by atoms with Gasteiger partial charge >= 0.3 is 0 Å². The number of piperazine rings is 1. The van der Waals surface area contributed by atoms with E-state index in [1.807, 2.05) is 104 Å². The maximum atomic E-state index is 16.2. The van der Waals surface area contributed by atoms with Gasteiger partial charge in [-0.15, -0.1) is 22.7 Å². The third-order valence-electron chi connectivity index (χ3n) is 19.3. The van der Waals surface area contributed by atoms with Crippen LogP contribution < -0.4 is 14.2 Å². The van der Waals surface area contributed by atoms with Crippen LogP contribution in [0, 0.1) is 29.2 Å². The summed E-state index contributed by atoms with van der Waals surface area (Å²) >= 11 is 2.93. The van der Waals surface area contributed by atoms with Crippen LogP contribution in [0.5, 0.6) is 17.2 Å². The van der Waals surface area contributed by atoms with E-state index < -0.39 is 23.3 Å². The Labute approximate surface area is 582 Å². The molecule has 16 nitrogen and oxygen atoms in total. The van der Waals surface area contributed by atoms with Gasteiger partial charge in [-0.3, -0.25) is 24.5 Å². The smallest absolute Gasteiger partial charge is 0.246 e. The molecule has 1 aliphatic carbocycles. The summed E-state index contributed by atoms with van der Waals surface area (Å²) in [5.74, 6) is -2.42. The molecule has 2 fully saturated rings. The first-order chi connectivity index (χ1) is 47.9. The van der Waals surface area contributed by atoms with Crippen molar-refractivity contribution in [1.82, 2.24) is 39.6 Å². The van der Waals surface area contributed by atoms with Gasteiger partial charge in [0.05, 0.1) is 71.0 Å². The largest absolute Gasteiger partial charge is 0.492 e. The minimum absolute atomic E-state index is 0.0453. The van der Waals surface area contributed by atoms with Crippen molar-refractivity contribution in [2.24, 2.45) is 11.0 Å². The SMILES string of the molecule is C=CC(=O)N1CCN2N=C(c3nc(-c4cnc5c(c4)[C@@H](C)N(C)CC5)c4ccsc4c3-c3c(F)cc(F)cc3OCCOC)C3CC32[C@H]1C.C=CC(=O)N1CCc2ccc(-c3nc(-c4cccc(OCCN(C)C)c4)c4ccsc4c3-c3c(F)cc(F)cc3OCCOC)cc2C1.CC. The number of hydrazone groups is 1. The zero-order valence-corrected chi connectivity index (χ0v) is 58.9. The monoisotopic (exact) mass is 1380 g/mol. The molecule has 1 saturated carbocycles. The number of rotatable bonds is 20. The number of carbonyl (C=O) groups is 2. The lowest BCUT2D eigenvalue weighted by molar-refractivity contribution is -0.133. The number of aromatic nitrogens is 3. The summed E-state index contributed by atoms with van der Waals surface area (Å²) in [4.78, 5) is 48.9. The fourth-order valence-electron chi connectivity index (χ4n) is 14.1. The molecule has 5 aromatic heterocycles. The van der Waals surface area contributed by atoms with Gasteiger partial charge in [-0.1, -0.05) is 51.3 Å². The second kappa shape index (κ2) is 29.9. The number of halogens is 4. The van der Waals surface area contributed by atoms with E-state index in [1.54, 1.807) is 12.0 Å². The summed E-state index contributed by atoms with van der Waals surface area (Å²) < 4.78 is 91.7. The molecule has 4 aliphatic heterocycles. The van der Waals surface area contributed by atoms with Gasteiger partial charge in [0.2, 0.25) is 11.8 Å². The number of pyridine rings is 3. The molecular formula is C77H81F4N9O7S2. The Balaban J connectivity index is 0.000000184. The molecular weight excluding hydrogens is 1300 g/mol. The number of fused-ring (bicyclic) bond motifs is 4. The van der Waals surface area contributed by atoms with E-state index in [-0.39, 0.29) is 84.4 Å². The first-order valence-corrected chi connectivity index (χ1v) is 35.2. The molecule has 516 valence electrons. The van der Waals surface area contributed by atoms with Crippen molar-refractivity contribution in [3.63, 3.8) is 0 Å². The minimum Gasteiger partial charge on any atom is -0.492 e. The molecule has 99 heavy (non-hydrogen) atoms. The summed E-state index contributed by atoms with van der Waals surface area (Å²) in [6.07, 6.45) is 6.93. The maximum Gasteiger partial charge on any atom is 0.246 e. The quantitative estimate of drug-likeness (QED) is 0.0405. The highest BCUT2D eigenvalue weighted by Gasteiger charge is 2.70. The number of hydrogen-bond donors (Lipinski definition) is 0. The van der Waals surface area contributed by atoms with Crippen molar-refractivity contribution >= 4 is 60.4 Å². The molecule has 5 aliphatic rings. The van der Waals surface area contributed by atoms with E-state index in [9.17, 15) is 18.4 Å². The van der Waals surface area contributed by atoms with Crippen LogP contribution in [-0.4, -0.2) is 170 Å². The van der Waals surface area contributed by atoms with E-state index in [0.717, 1.165) is 109 Å². The van der Waals surface area contributed by atoms with Crippen LogP contribution in [0.15, 0.2) is 132 Å². The standard InChI is InChI=1S/C38H37F2N3O4S.C37H38F2N6O3S.C2H6/c1-5-33(44)43-13-11-24-9-10-26(19-27(24)23-43)37-35(34-31(40)21-28(39)22-32(34)47-17-16-45-4)38-30(12-18-48-38)36(41-37)25-7-6-8-29(20-25)46-15-14-42(2)3;1-6-30(46)44-10-11-45-37(21(44)3)18-26(37)34(42-45)35-32(31-27(39)16-23(38)17-29(31)48-13-12-47-5)36-24(8-14-49-36)33(41-35)22-15-25-20(2)43(4)9-7-28(25)40-19-22;1-2/h5-10,12,18-22H,1,11,13-17,23H2,2-4H3;6,8,14-17,19-21,26H,1,7,9-13,18H2,2-5H3;1-2H3/t;20-,21-,26?,37?;/m.1./s1. The van der Waals surface area contributed by atoms with Gasteiger partial charge in [0.25, 0.3) is 0 Å². The highest BCUT2D eigenvalue weighted by molar-refractivity contribution is 7.18. The fourth-order valence-corrected chi connectivity index (χ4v) is 16.0. The molecule has 14 rings (SSSR count). The number of ether oxygens (including phenoxy) is 5. The Morgan fingerprint density at radius 1 is 0.667 bits per heavy atom. The Kier molecular flexibility index (Phi) is 21.1. The van der Waals surface area contributed by atoms with E-state index in [2.05, 4.69) is 54.9 Å². The molecule has 9 aromatic rings. The Morgan fingerprint density at radius 2 is 1.29 bits per heavy atom. The summed E-state index contributed by atoms with van der Waals surface area (Å²) in [5, 5.41) is 12.8. The zero-order valence-electron chi connectivity index (χ0n) is 57.2. The predicted molar refractivity (Wildman–Crippen MR) is 384 cm³/mol. The molecule has 22 heteroatoms. The molecule has 1 saturated heterocycles. The van der Waals surface area contributed by atoms with E-state index >= 15 is 8.78 Å². The maximum absolute atomic E-state index is 16.2. The number of carbonyl (C=O) groups excluding carboxylic acids is 2. The number of thiophene rings is 2. The minimum atomic E-state index is -0.759. The van der Waals surface area contributed by atoms with Crippen LogP contribution >= 0.6 is 22.7 Å². The average molecular weight is 1380 g/mol. The van der Waals surface area contributed by atoms with Gasteiger partial charge in [-0.2, -0.15) is 5.10 Å². The lowest BCUT2D eigenvalue weighted by Crippen LogP contribution is -2.59. The predicted octanol–water partition coefficient (Wildman–Crippen LogP) is 14.7. The van der Waals surface area contributed by atoms with Crippen LogP contribution in [0.25, 0.3) is 76.2 Å². The van der Waals surface area contributed by atoms with Crippen LogP contribution in [0.1, 0.15) is 68.2 Å². The van der Waals surface area contributed by atoms with Gasteiger partial charge in [0.15, 0.2) is 0 Å². The lowest BCUT2D eigenvalue weighted by Gasteiger charge is -2.44. The number of amides is 2. The first kappa shape index (κ1) is 70.0. The fraction of sp³-hybridized carbons (Fsp3) is 0.351. The second-order valence-corrected chi connectivity index (χ2v) is 27.0. The van der Waals surface area contributed by atoms with Crippen molar-refractivity contribution in [2.75, 3.05) is 101 Å². The highest BCUT2D eigenvalue weighted by atomic mass is 32.1. The van der Waals surface area contributed by atoms with Crippen molar-refractivity contribution < 1.29 is 50.8 Å². The number of likely N-dealkylation sites (N-methyl/N-ethyl adjacent to an activating group) is 2. The molecule has 4 atom stereocenters. The number of benzene rings is 4. The van der Waals surface area contributed by atoms with Crippen molar-refractivity contribution in [1.29, 1.82) is 0 Å². The van der Waals surface area contributed by atoms with Crippen molar-refractivity contribution in [3.8, 4) is 73.3 Å². The number of hydrogen-bond acceptors (Lipinski definition) is 16. The molecule has 0 radical (unpaired) electrons. The number of nitrogens with zero attached hydrogens (tertiary/aromatic N) is 9. The van der Waals surface area contributed by atoms with Crippen LogP contribution in [0.4, 0.5) is 17.6 Å². The van der Waals surface area contributed by atoms with Gasteiger partial charge in [0.1, 0.15) is 60.3 Å². The molecule has 2 amide bonds. The molecule has 2 unspecified atom stereocenters. The summed E-state index contributed by atoms with van der Waals surface area (Å²) in [6, 6.07) is 24.2.